The van der Waals surface area contributed by atoms with Crippen molar-refractivity contribution in [3.8, 4) is 5.75 Å². The van der Waals surface area contributed by atoms with E-state index in [0.29, 0.717) is 5.69 Å². The number of carbonyl (C=O) groups is 1. The van der Waals surface area contributed by atoms with Crippen molar-refractivity contribution in [2.75, 3.05) is 11.9 Å². The van der Waals surface area contributed by atoms with Gasteiger partial charge in [-0.3, -0.25) is 9.78 Å². The van der Waals surface area contributed by atoms with Crippen LogP contribution in [0.2, 0.25) is 0 Å². The lowest BCUT2D eigenvalue weighted by atomic mass is 10.00. The van der Waals surface area contributed by atoms with Crippen LogP contribution in [-0.4, -0.2) is 30.5 Å². The first kappa shape index (κ1) is 20.9. The number of aryl methyl sites for hydroxylation is 1. The first-order valence-electron chi connectivity index (χ1n) is 9.15. The fourth-order valence-corrected chi connectivity index (χ4v) is 4.91. The summed E-state index contributed by atoms with van der Waals surface area (Å²) in [5, 5.41) is 2.43. The van der Waals surface area contributed by atoms with Crippen molar-refractivity contribution in [3.63, 3.8) is 0 Å². The van der Waals surface area contributed by atoms with Crippen LogP contribution < -0.4 is 14.8 Å². The summed E-state index contributed by atoms with van der Waals surface area (Å²) in [6.07, 6.45) is 2.79. The molecule has 0 saturated heterocycles. The highest BCUT2D eigenvalue weighted by molar-refractivity contribution is 7.89. The second-order valence-electron chi connectivity index (χ2n) is 7.31. The van der Waals surface area contributed by atoms with E-state index in [1.165, 1.54) is 30.1 Å². The van der Waals surface area contributed by atoms with Crippen LogP contribution in [0.4, 0.5) is 14.5 Å². The van der Waals surface area contributed by atoms with Crippen molar-refractivity contribution in [1.82, 2.24) is 14.3 Å². The van der Waals surface area contributed by atoms with Gasteiger partial charge in [0, 0.05) is 31.2 Å². The van der Waals surface area contributed by atoms with Gasteiger partial charge in [0.15, 0.2) is 23.1 Å². The number of amides is 1. The van der Waals surface area contributed by atoms with E-state index in [0.717, 1.165) is 12.1 Å². The largest absolute Gasteiger partial charge is 0.487 e. The molecule has 4 rings (SSSR count). The summed E-state index contributed by atoms with van der Waals surface area (Å²) in [4.78, 5) is 16.9. The number of nitrogens with one attached hydrogen (secondary N) is 2. The Morgan fingerprint density at radius 2 is 2.03 bits per heavy atom. The van der Waals surface area contributed by atoms with Crippen molar-refractivity contribution < 1.29 is 26.7 Å². The Bertz CT molecular complexity index is 1280. The highest BCUT2D eigenvalue weighted by Crippen LogP contribution is 2.36. The Morgan fingerprint density at radius 1 is 1.26 bits per heavy atom. The lowest BCUT2D eigenvalue weighted by Crippen LogP contribution is -2.46. The highest BCUT2D eigenvalue weighted by Gasteiger charge is 2.41. The van der Waals surface area contributed by atoms with Gasteiger partial charge in [0.25, 0.3) is 5.91 Å². The van der Waals surface area contributed by atoms with Crippen molar-refractivity contribution in [1.29, 1.82) is 0 Å². The molecule has 1 amide bonds. The molecule has 0 fully saturated rings. The lowest BCUT2D eigenvalue weighted by Gasteiger charge is -2.27. The zero-order valence-electron chi connectivity index (χ0n) is 16.5. The van der Waals surface area contributed by atoms with Crippen molar-refractivity contribution >= 4 is 21.6 Å². The van der Waals surface area contributed by atoms with E-state index in [1.807, 2.05) is 0 Å². The van der Waals surface area contributed by atoms with Gasteiger partial charge in [-0.1, -0.05) is 6.07 Å². The van der Waals surface area contributed by atoms with Crippen LogP contribution in [-0.2, 0) is 22.6 Å². The molecule has 0 radical (unpaired) electrons. The number of rotatable bonds is 3. The third-order valence-corrected chi connectivity index (χ3v) is 6.47. The molecule has 1 aliphatic heterocycles. The zero-order chi connectivity index (χ0) is 22.4. The van der Waals surface area contributed by atoms with Crippen LogP contribution in [0.15, 0.2) is 53.7 Å². The van der Waals surface area contributed by atoms with Gasteiger partial charge in [-0.25, -0.2) is 17.2 Å². The minimum Gasteiger partial charge on any atom is -0.487 e. The summed E-state index contributed by atoms with van der Waals surface area (Å²) in [6.45, 7) is 1.49. The predicted molar refractivity (Wildman–Crippen MR) is 107 cm³/mol. The molecule has 3 aromatic rings. The second kappa shape index (κ2) is 7.43. The second-order valence-corrected chi connectivity index (χ2v) is 8.96. The molecule has 0 saturated carbocycles. The fraction of sp³-hybridized carbons (Fsp3) is 0.200. The molecule has 11 heteroatoms. The molecule has 2 aromatic heterocycles. The average Bonchev–Trinajstić information content (AvgIpc) is 3.02. The molecule has 8 nitrogen and oxygen atoms in total. The van der Waals surface area contributed by atoms with E-state index in [2.05, 4.69) is 15.0 Å². The lowest BCUT2D eigenvalue weighted by molar-refractivity contribution is 0.101. The number of hydrogen-bond acceptors (Lipinski definition) is 5. The molecule has 2 N–H and O–H groups in total. The van der Waals surface area contributed by atoms with Gasteiger partial charge in [-0.2, -0.15) is 4.72 Å². The van der Waals surface area contributed by atoms with Gasteiger partial charge in [-0.15, -0.1) is 0 Å². The van der Waals surface area contributed by atoms with Crippen LogP contribution in [0, 0.1) is 11.6 Å². The van der Waals surface area contributed by atoms with Gasteiger partial charge in [-0.05, 0) is 31.2 Å². The van der Waals surface area contributed by atoms with Gasteiger partial charge in [0.2, 0.25) is 10.0 Å². The van der Waals surface area contributed by atoms with Gasteiger partial charge >= 0.3 is 0 Å². The summed E-state index contributed by atoms with van der Waals surface area (Å²) < 4.78 is 62.4. The minimum absolute atomic E-state index is 0.00628. The third kappa shape index (κ3) is 3.77. The smallest absolute Gasteiger partial charge is 0.276 e. The number of nitrogens with zero attached hydrogens (tertiary/aromatic N) is 2. The van der Waals surface area contributed by atoms with E-state index in [1.54, 1.807) is 25.1 Å². The first-order chi connectivity index (χ1) is 14.6. The number of ether oxygens (including phenoxy) is 1. The van der Waals surface area contributed by atoms with E-state index >= 15 is 0 Å². The summed E-state index contributed by atoms with van der Waals surface area (Å²) >= 11 is 0. The number of fused-ring (bicyclic) bond motifs is 1. The fourth-order valence-electron chi connectivity index (χ4n) is 3.35. The Labute approximate surface area is 176 Å². The quantitative estimate of drug-likeness (QED) is 0.641. The first-order valence-corrected chi connectivity index (χ1v) is 10.6. The van der Waals surface area contributed by atoms with Crippen molar-refractivity contribution in [2.45, 2.75) is 17.4 Å². The molecule has 0 spiro atoms. The van der Waals surface area contributed by atoms with Gasteiger partial charge < -0.3 is 14.6 Å². The van der Waals surface area contributed by atoms with Crippen LogP contribution >= 0.6 is 0 Å². The molecule has 1 atom stereocenters. The van der Waals surface area contributed by atoms with Crippen LogP contribution in [0.1, 0.15) is 23.1 Å². The molecular weight excluding hydrogens is 430 g/mol. The number of benzene rings is 1. The Kier molecular flexibility index (Phi) is 5.02. The Hall–Kier alpha value is -3.31. The summed E-state index contributed by atoms with van der Waals surface area (Å²) in [5.41, 5.74) is -0.818. The highest BCUT2D eigenvalue weighted by atomic mass is 32.2. The standard InChI is InChI=1S/C20H18F2N4O4S/c1-20(16-5-3-4-8-23-16)11-30-18-15(31(28,29)25-20)10-26(2)17(18)19(27)24-12-6-7-13(21)14(22)9-12/h3-10,25H,11H2,1-2H3,(H,24,27). The number of pyridine rings is 1. The molecule has 0 bridgehead atoms. The normalized spacial score (nSPS) is 19.7. The molecule has 3 heterocycles. The van der Waals surface area contributed by atoms with E-state index in [-0.39, 0.29) is 28.6 Å². The number of sulfonamides is 1. The van der Waals surface area contributed by atoms with Crippen LogP contribution in [0.3, 0.4) is 0 Å². The Morgan fingerprint density at radius 3 is 2.71 bits per heavy atom. The van der Waals surface area contributed by atoms with E-state index in [4.69, 9.17) is 4.74 Å². The monoisotopic (exact) mass is 448 g/mol. The van der Waals surface area contributed by atoms with Gasteiger partial charge in [0.05, 0.1) is 5.69 Å². The van der Waals surface area contributed by atoms with Crippen molar-refractivity contribution in [2.24, 2.45) is 7.05 Å². The predicted octanol–water partition coefficient (Wildman–Crippen LogP) is 2.54. The minimum atomic E-state index is -4.08. The number of anilines is 1. The molecular formula is C20H18F2N4O4S. The number of hydrogen-bond donors (Lipinski definition) is 2. The Balaban J connectivity index is 1.72. The molecule has 162 valence electrons. The van der Waals surface area contributed by atoms with Crippen LogP contribution in [0.5, 0.6) is 5.75 Å². The van der Waals surface area contributed by atoms with Gasteiger partial charge in [0.1, 0.15) is 17.0 Å². The number of carbonyl (C=O) groups excluding carboxylic acids is 1. The SMILES string of the molecule is Cn1cc2c(c1C(=O)Nc1ccc(F)c(F)c1)OCC(C)(c1ccccn1)NS2(=O)=O. The topological polar surface area (TPSA) is 102 Å². The van der Waals surface area contributed by atoms with E-state index in [9.17, 15) is 22.0 Å². The molecule has 0 aliphatic carbocycles. The van der Waals surface area contributed by atoms with E-state index < -0.39 is 33.1 Å². The molecule has 1 aliphatic rings. The number of halogens is 2. The molecule has 1 aromatic carbocycles. The summed E-state index contributed by atoms with van der Waals surface area (Å²) in [5.74, 6) is -3.07. The van der Waals surface area contributed by atoms with Crippen LogP contribution in [0.25, 0.3) is 0 Å². The summed E-state index contributed by atoms with van der Waals surface area (Å²) in [6, 6.07) is 7.98. The average molecular weight is 448 g/mol. The number of aromatic nitrogens is 2. The van der Waals surface area contributed by atoms with Crippen molar-refractivity contribution in [3.05, 3.63) is 71.8 Å². The molecule has 31 heavy (non-hydrogen) atoms. The maximum Gasteiger partial charge on any atom is 0.276 e. The zero-order valence-corrected chi connectivity index (χ0v) is 17.3. The maximum atomic E-state index is 13.5. The molecule has 1 unspecified atom stereocenters. The summed E-state index contributed by atoms with van der Waals surface area (Å²) in [7, 11) is -2.60. The third-order valence-electron chi connectivity index (χ3n) is 4.88. The maximum absolute atomic E-state index is 13.5.